The first-order valence-electron chi connectivity index (χ1n) is 12.9. The van der Waals surface area contributed by atoms with Crippen molar-refractivity contribution in [1.29, 1.82) is 0 Å². The summed E-state index contributed by atoms with van der Waals surface area (Å²) in [6.07, 6.45) is 10.9. The molecule has 0 saturated carbocycles. The summed E-state index contributed by atoms with van der Waals surface area (Å²) in [5.74, 6) is 0.469. The molecule has 0 heteroatoms. The van der Waals surface area contributed by atoms with Gasteiger partial charge in [-0.25, -0.2) is 0 Å². The fourth-order valence-electron chi connectivity index (χ4n) is 5.90. The normalized spacial score (nSPS) is 16.3. The lowest BCUT2D eigenvalue weighted by Crippen LogP contribution is -2.44. The highest BCUT2D eigenvalue weighted by Crippen LogP contribution is 2.62. The molecule has 188 valence electrons. The lowest BCUT2D eigenvalue weighted by Gasteiger charge is -2.47. The minimum atomic E-state index is -0.0439. The maximum Gasteiger partial charge on any atom is 0.0286 e. The zero-order valence-electron chi connectivity index (χ0n) is 23.5. The number of benzene rings is 2. The molecule has 0 saturated heterocycles. The van der Waals surface area contributed by atoms with Gasteiger partial charge in [0.25, 0.3) is 0 Å². The van der Waals surface area contributed by atoms with Gasteiger partial charge in [-0.15, -0.1) is 0 Å². The van der Waals surface area contributed by atoms with Crippen LogP contribution >= 0.6 is 0 Å². The molecule has 0 aliphatic heterocycles. The minimum absolute atomic E-state index is 0. The summed E-state index contributed by atoms with van der Waals surface area (Å²) in [6.45, 7) is 30.5. The molecule has 0 amide bonds. The fourth-order valence-corrected chi connectivity index (χ4v) is 5.90. The van der Waals surface area contributed by atoms with Crippen LogP contribution in [-0.4, -0.2) is 0 Å². The van der Waals surface area contributed by atoms with E-state index in [1.807, 2.05) is 33.8 Å². The summed E-state index contributed by atoms with van der Waals surface area (Å²) in [6, 6.07) is 9.35. The molecule has 34 heavy (non-hydrogen) atoms. The van der Waals surface area contributed by atoms with E-state index in [2.05, 4.69) is 111 Å². The number of rotatable bonds is 4. The highest BCUT2D eigenvalue weighted by Gasteiger charge is 2.53. The van der Waals surface area contributed by atoms with Crippen molar-refractivity contribution in [2.75, 3.05) is 0 Å². The highest BCUT2D eigenvalue weighted by atomic mass is 14.6. The maximum absolute atomic E-state index is 4.10. The molecule has 0 nitrogen and oxygen atoms in total. The van der Waals surface area contributed by atoms with Crippen molar-refractivity contribution in [1.82, 2.24) is 0 Å². The zero-order chi connectivity index (χ0) is 25.6. The first-order valence-corrected chi connectivity index (χ1v) is 12.9. The van der Waals surface area contributed by atoms with E-state index >= 15 is 0 Å². The largest absolute Gasteiger partial charge is 0.0984 e. The van der Waals surface area contributed by atoms with Crippen molar-refractivity contribution in [3.8, 4) is 11.1 Å². The molecule has 0 heterocycles. The molecule has 1 unspecified atom stereocenters. The van der Waals surface area contributed by atoms with Crippen LogP contribution in [0.15, 0.2) is 43.0 Å². The lowest BCUT2D eigenvalue weighted by atomic mass is 9.55. The van der Waals surface area contributed by atoms with Crippen molar-refractivity contribution >= 4 is 18.2 Å². The van der Waals surface area contributed by atoms with Gasteiger partial charge in [0.2, 0.25) is 0 Å². The van der Waals surface area contributed by atoms with Crippen molar-refractivity contribution in [2.24, 2.45) is 11.3 Å². The third-order valence-corrected chi connectivity index (χ3v) is 6.78. The van der Waals surface area contributed by atoms with E-state index in [0.29, 0.717) is 5.92 Å². The second-order valence-electron chi connectivity index (χ2n) is 9.63. The molecule has 1 aliphatic carbocycles. The lowest BCUT2D eigenvalue weighted by molar-refractivity contribution is 0.171. The van der Waals surface area contributed by atoms with Crippen LogP contribution in [0.1, 0.15) is 117 Å². The van der Waals surface area contributed by atoms with Crippen LogP contribution in [0.3, 0.4) is 0 Å². The Morgan fingerprint density at radius 1 is 0.794 bits per heavy atom. The van der Waals surface area contributed by atoms with Crippen LogP contribution in [0, 0.1) is 18.3 Å². The van der Waals surface area contributed by atoms with Gasteiger partial charge in [0.1, 0.15) is 0 Å². The van der Waals surface area contributed by atoms with Crippen LogP contribution in [0.5, 0.6) is 0 Å². The van der Waals surface area contributed by atoms with Crippen LogP contribution in [-0.2, 0) is 5.41 Å². The number of allylic oxidation sites excluding steroid dienone is 2. The maximum atomic E-state index is 4.10. The third kappa shape index (κ3) is 4.88. The van der Waals surface area contributed by atoms with Crippen LogP contribution < -0.4 is 0 Å². The predicted octanol–water partition coefficient (Wildman–Crippen LogP) is 11.4. The van der Waals surface area contributed by atoms with E-state index in [-0.39, 0.29) is 18.3 Å². The summed E-state index contributed by atoms with van der Waals surface area (Å²) in [4.78, 5) is 0. The smallest absolute Gasteiger partial charge is 0.0286 e. The topological polar surface area (TPSA) is 0 Å². The van der Waals surface area contributed by atoms with Gasteiger partial charge in [-0.05, 0) is 76.6 Å². The van der Waals surface area contributed by atoms with Gasteiger partial charge < -0.3 is 0 Å². The Bertz CT molecular complexity index is 1010. The predicted molar refractivity (Wildman–Crippen MR) is 161 cm³/mol. The van der Waals surface area contributed by atoms with Crippen molar-refractivity contribution in [2.45, 2.75) is 95.9 Å². The second kappa shape index (κ2) is 12.9. The summed E-state index contributed by atoms with van der Waals surface area (Å²) < 4.78 is 0. The average Bonchev–Trinajstić information content (AvgIpc) is 3.11. The monoisotopic (exact) mass is 460 g/mol. The molecule has 2 aromatic rings. The zero-order valence-corrected chi connectivity index (χ0v) is 23.5. The van der Waals surface area contributed by atoms with Gasteiger partial charge in [0.15, 0.2) is 0 Å². The van der Waals surface area contributed by atoms with E-state index < -0.39 is 0 Å². The first-order chi connectivity index (χ1) is 15.7. The van der Waals surface area contributed by atoms with E-state index in [1.54, 1.807) is 0 Å². The molecule has 1 aliphatic rings. The standard InChI is InChI=1S/C29H36.2C2H6.CH4/c1-10-13-22-20(6)15-17-24-26(22)27-23(14-11-2)21(12-3)16-18-25(27)29(24,19(4)5)28(7,8)9;2*1-2;/h10-19H,3H2,1-2,4-9H3;2*1-2H3;1H4/b13-10-,14-11-;;;. The Kier molecular flexibility index (Phi) is 12.0. The van der Waals surface area contributed by atoms with Gasteiger partial charge in [0.05, 0.1) is 0 Å². The van der Waals surface area contributed by atoms with E-state index in [9.17, 15) is 0 Å². The molecule has 0 N–H and O–H groups in total. The Morgan fingerprint density at radius 3 is 1.65 bits per heavy atom. The Morgan fingerprint density at radius 2 is 1.24 bits per heavy atom. The van der Waals surface area contributed by atoms with Crippen LogP contribution in [0.4, 0.5) is 0 Å². The van der Waals surface area contributed by atoms with Gasteiger partial charge in [-0.1, -0.05) is 131 Å². The number of fused-ring (bicyclic) bond motifs is 3. The Hall–Kier alpha value is -2.34. The van der Waals surface area contributed by atoms with Gasteiger partial charge in [0, 0.05) is 5.41 Å². The first kappa shape index (κ1) is 31.7. The molecule has 3 rings (SSSR count). The summed E-state index contributed by atoms with van der Waals surface area (Å²) in [5.41, 5.74) is 11.0. The quantitative estimate of drug-likeness (QED) is 0.425. The Labute approximate surface area is 212 Å². The van der Waals surface area contributed by atoms with E-state index in [0.717, 1.165) is 0 Å². The molecular weight excluding hydrogens is 408 g/mol. The molecule has 0 aromatic heterocycles. The van der Waals surface area contributed by atoms with Gasteiger partial charge >= 0.3 is 0 Å². The van der Waals surface area contributed by atoms with Gasteiger partial charge in [-0.2, -0.15) is 0 Å². The molecular formula is C34H52. The Balaban J connectivity index is 0.00000207. The minimum Gasteiger partial charge on any atom is -0.0984 e. The van der Waals surface area contributed by atoms with Crippen molar-refractivity contribution in [3.63, 3.8) is 0 Å². The summed E-state index contributed by atoms with van der Waals surface area (Å²) >= 11 is 0. The SMILES string of the molecule is C.C=Cc1ccc2c(c1/C=C\C)-c1c(ccc(C)c1/C=C\C)C2(C(C)C)C(C)(C)C.CC.CC. The van der Waals surface area contributed by atoms with E-state index in [4.69, 9.17) is 0 Å². The molecule has 0 spiro atoms. The van der Waals surface area contributed by atoms with Crippen LogP contribution in [0.2, 0.25) is 0 Å². The highest BCUT2D eigenvalue weighted by molar-refractivity contribution is 5.95. The number of hydrogen-bond acceptors (Lipinski definition) is 0. The number of aryl methyl sites for hydroxylation is 1. The summed E-state index contributed by atoms with van der Waals surface area (Å²) in [7, 11) is 0. The fraction of sp³-hybridized carbons (Fsp3) is 0.471. The second-order valence-corrected chi connectivity index (χ2v) is 9.63. The number of hydrogen-bond donors (Lipinski definition) is 0. The third-order valence-electron chi connectivity index (χ3n) is 6.78. The molecule has 1 atom stereocenters. The molecule has 0 fully saturated rings. The average molecular weight is 461 g/mol. The van der Waals surface area contributed by atoms with Crippen LogP contribution in [0.25, 0.3) is 29.4 Å². The van der Waals surface area contributed by atoms with E-state index in [1.165, 1.54) is 44.5 Å². The summed E-state index contributed by atoms with van der Waals surface area (Å²) in [5, 5.41) is 0. The molecule has 0 radical (unpaired) electrons. The molecule has 0 bridgehead atoms. The van der Waals surface area contributed by atoms with Crippen molar-refractivity contribution in [3.05, 3.63) is 76.4 Å². The van der Waals surface area contributed by atoms with Gasteiger partial charge in [-0.3, -0.25) is 0 Å². The van der Waals surface area contributed by atoms with Crippen molar-refractivity contribution < 1.29 is 0 Å². The molecule has 2 aromatic carbocycles.